The number of rotatable bonds is 4. The standard InChI is InChI=1S/C14H11N5OS2/c1-19-11-5-3-2-4-9(11)16-13(19)10-6-22-14(17-10)18-12(20)7-21-8-15/h2-6H,7H2,1H3,(H,17,18,20). The highest BCUT2D eigenvalue weighted by atomic mass is 32.2. The van der Waals surface area contributed by atoms with Crippen LogP contribution in [0.15, 0.2) is 29.6 Å². The molecule has 22 heavy (non-hydrogen) atoms. The third kappa shape index (κ3) is 2.81. The second-order valence-electron chi connectivity index (χ2n) is 4.45. The van der Waals surface area contributed by atoms with E-state index >= 15 is 0 Å². The number of carbonyl (C=O) groups is 1. The normalized spacial score (nSPS) is 10.5. The Morgan fingerprint density at radius 2 is 2.27 bits per heavy atom. The highest BCUT2D eigenvalue weighted by Gasteiger charge is 2.13. The van der Waals surface area contributed by atoms with Gasteiger partial charge in [0.15, 0.2) is 11.0 Å². The number of nitrogens with one attached hydrogen (secondary N) is 1. The molecule has 3 rings (SSSR count). The molecule has 110 valence electrons. The molecule has 1 amide bonds. The number of nitriles is 1. The molecule has 0 spiro atoms. The number of imidazole rings is 1. The van der Waals surface area contributed by atoms with Crippen LogP contribution in [0.4, 0.5) is 5.13 Å². The lowest BCUT2D eigenvalue weighted by Crippen LogP contribution is -2.13. The van der Waals surface area contributed by atoms with Crippen LogP contribution in [-0.2, 0) is 11.8 Å². The van der Waals surface area contributed by atoms with Gasteiger partial charge in [0.25, 0.3) is 0 Å². The summed E-state index contributed by atoms with van der Waals surface area (Å²) < 4.78 is 1.97. The Labute approximate surface area is 134 Å². The van der Waals surface area contributed by atoms with Crippen LogP contribution >= 0.6 is 23.1 Å². The maximum atomic E-state index is 11.6. The lowest BCUT2D eigenvalue weighted by Gasteiger charge is -1.99. The number of amides is 1. The predicted octanol–water partition coefficient (Wildman–Crippen LogP) is 2.85. The summed E-state index contributed by atoms with van der Waals surface area (Å²) in [6.45, 7) is 0. The summed E-state index contributed by atoms with van der Waals surface area (Å²) in [5.41, 5.74) is 2.65. The van der Waals surface area contributed by atoms with E-state index in [1.807, 2.05) is 46.7 Å². The summed E-state index contributed by atoms with van der Waals surface area (Å²) in [5, 5.41) is 15.3. The SMILES string of the molecule is Cn1c(-c2csc(NC(=O)CSC#N)n2)nc2ccccc21. The highest BCUT2D eigenvalue weighted by molar-refractivity contribution is 8.04. The molecule has 0 bridgehead atoms. The van der Waals surface area contributed by atoms with Gasteiger partial charge < -0.3 is 9.88 Å². The molecule has 0 saturated carbocycles. The van der Waals surface area contributed by atoms with Crippen molar-refractivity contribution < 1.29 is 4.79 Å². The second kappa shape index (κ2) is 6.17. The van der Waals surface area contributed by atoms with Gasteiger partial charge in [-0.05, 0) is 23.9 Å². The van der Waals surface area contributed by atoms with E-state index in [1.165, 1.54) is 11.3 Å². The molecule has 0 saturated heterocycles. The van der Waals surface area contributed by atoms with E-state index in [0.29, 0.717) is 10.8 Å². The fourth-order valence-electron chi connectivity index (χ4n) is 2.06. The first-order valence-corrected chi connectivity index (χ1v) is 8.23. The smallest absolute Gasteiger partial charge is 0.237 e. The van der Waals surface area contributed by atoms with Gasteiger partial charge in [0.05, 0.1) is 16.8 Å². The average Bonchev–Trinajstić information content (AvgIpc) is 3.10. The van der Waals surface area contributed by atoms with Crippen LogP contribution in [0.2, 0.25) is 0 Å². The number of anilines is 1. The molecular formula is C14H11N5OS2. The zero-order chi connectivity index (χ0) is 15.5. The maximum absolute atomic E-state index is 11.6. The van der Waals surface area contributed by atoms with Gasteiger partial charge in [-0.2, -0.15) is 5.26 Å². The maximum Gasteiger partial charge on any atom is 0.237 e. The Hall–Kier alpha value is -2.37. The first kappa shape index (κ1) is 14.6. The number of aromatic nitrogens is 3. The fraction of sp³-hybridized carbons (Fsp3) is 0.143. The third-order valence-electron chi connectivity index (χ3n) is 3.03. The molecule has 0 radical (unpaired) electrons. The average molecular weight is 329 g/mol. The van der Waals surface area contributed by atoms with Crippen molar-refractivity contribution in [2.24, 2.45) is 7.05 Å². The monoisotopic (exact) mass is 329 g/mol. The van der Waals surface area contributed by atoms with Crippen molar-refractivity contribution in [2.45, 2.75) is 0 Å². The van der Waals surface area contributed by atoms with Crippen LogP contribution in [0.25, 0.3) is 22.6 Å². The Morgan fingerprint density at radius 1 is 1.45 bits per heavy atom. The van der Waals surface area contributed by atoms with Gasteiger partial charge in [0.2, 0.25) is 5.91 Å². The third-order valence-corrected chi connectivity index (χ3v) is 4.33. The molecule has 8 heteroatoms. The van der Waals surface area contributed by atoms with E-state index in [0.717, 1.165) is 28.6 Å². The van der Waals surface area contributed by atoms with Gasteiger partial charge in [-0.1, -0.05) is 12.1 Å². The van der Waals surface area contributed by atoms with E-state index in [4.69, 9.17) is 5.26 Å². The molecular weight excluding hydrogens is 318 g/mol. The Kier molecular flexibility index (Phi) is 4.09. The van der Waals surface area contributed by atoms with Crippen LogP contribution in [0.3, 0.4) is 0 Å². The van der Waals surface area contributed by atoms with Crippen LogP contribution in [0, 0.1) is 10.7 Å². The van der Waals surface area contributed by atoms with E-state index in [-0.39, 0.29) is 11.7 Å². The minimum absolute atomic E-state index is 0.0949. The van der Waals surface area contributed by atoms with Gasteiger partial charge in [-0.25, -0.2) is 9.97 Å². The van der Waals surface area contributed by atoms with E-state index in [1.54, 1.807) is 0 Å². The van der Waals surface area contributed by atoms with E-state index in [2.05, 4.69) is 15.3 Å². The van der Waals surface area contributed by atoms with Gasteiger partial charge in [-0.15, -0.1) is 11.3 Å². The molecule has 3 aromatic rings. The summed E-state index contributed by atoms with van der Waals surface area (Å²) in [6.07, 6.45) is 0. The Morgan fingerprint density at radius 3 is 3.05 bits per heavy atom. The van der Waals surface area contributed by atoms with Crippen LogP contribution in [-0.4, -0.2) is 26.2 Å². The summed E-state index contributed by atoms with van der Waals surface area (Å²) in [7, 11) is 1.94. The van der Waals surface area contributed by atoms with Gasteiger partial charge in [0.1, 0.15) is 11.1 Å². The second-order valence-corrected chi connectivity index (χ2v) is 6.07. The predicted molar refractivity (Wildman–Crippen MR) is 88.5 cm³/mol. The molecule has 2 heterocycles. The number of nitrogens with zero attached hydrogens (tertiary/aromatic N) is 4. The highest BCUT2D eigenvalue weighted by Crippen LogP contribution is 2.27. The first-order valence-electron chi connectivity index (χ1n) is 6.37. The molecule has 2 aromatic heterocycles. The van der Waals surface area contributed by atoms with Crippen LogP contribution < -0.4 is 5.32 Å². The topological polar surface area (TPSA) is 83.6 Å². The van der Waals surface area contributed by atoms with Crippen molar-refractivity contribution in [1.82, 2.24) is 14.5 Å². The lowest BCUT2D eigenvalue weighted by molar-refractivity contribution is -0.113. The van der Waals surface area contributed by atoms with Gasteiger partial charge in [0, 0.05) is 12.4 Å². The molecule has 0 atom stereocenters. The van der Waals surface area contributed by atoms with E-state index < -0.39 is 0 Å². The molecule has 1 aromatic carbocycles. The molecule has 0 unspecified atom stereocenters. The fourth-order valence-corrected chi connectivity index (χ4v) is 3.03. The summed E-state index contributed by atoms with van der Waals surface area (Å²) >= 11 is 2.23. The zero-order valence-electron chi connectivity index (χ0n) is 11.6. The molecule has 6 nitrogen and oxygen atoms in total. The number of carbonyl (C=O) groups excluding carboxylic acids is 1. The van der Waals surface area contributed by atoms with Crippen molar-refractivity contribution in [3.05, 3.63) is 29.6 Å². The quantitative estimate of drug-likeness (QED) is 0.744. The Bertz CT molecular complexity index is 877. The summed E-state index contributed by atoms with van der Waals surface area (Å²) in [6, 6.07) is 7.86. The molecule has 1 N–H and O–H groups in total. The van der Waals surface area contributed by atoms with Crippen LogP contribution in [0.1, 0.15) is 0 Å². The number of thiocyanates is 1. The molecule has 0 fully saturated rings. The number of thioether (sulfide) groups is 1. The molecule has 0 aliphatic heterocycles. The van der Waals surface area contributed by atoms with Crippen LogP contribution in [0.5, 0.6) is 0 Å². The van der Waals surface area contributed by atoms with Crippen molar-refractivity contribution >= 4 is 45.2 Å². The minimum Gasteiger partial charge on any atom is -0.326 e. The summed E-state index contributed by atoms with van der Waals surface area (Å²) in [4.78, 5) is 20.6. The molecule has 0 aliphatic rings. The largest absolute Gasteiger partial charge is 0.326 e. The Balaban J connectivity index is 1.85. The number of benzene rings is 1. The lowest BCUT2D eigenvalue weighted by atomic mass is 10.3. The van der Waals surface area contributed by atoms with Crippen molar-refractivity contribution in [3.8, 4) is 16.9 Å². The van der Waals surface area contributed by atoms with Crippen molar-refractivity contribution in [1.29, 1.82) is 5.26 Å². The number of aryl methyl sites for hydroxylation is 1. The number of hydrogen-bond acceptors (Lipinski definition) is 6. The van der Waals surface area contributed by atoms with Crippen molar-refractivity contribution in [3.63, 3.8) is 0 Å². The van der Waals surface area contributed by atoms with E-state index in [9.17, 15) is 4.79 Å². The zero-order valence-corrected chi connectivity index (χ0v) is 13.2. The number of hydrogen-bond donors (Lipinski definition) is 1. The number of para-hydroxylation sites is 2. The van der Waals surface area contributed by atoms with Gasteiger partial charge >= 0.3 is 0 Å². The van der Waals surface area contributed by atoms with Gasteiger partial charge in [-0.3, -0.25) is 4.79 Å². The molecule has 0 aliphatic carbocycles. The number of fused-ring (bicyclic) bond motifs is 1. The summed E-state index contributed by atoms with van der Waals surface area (Å²) in [5.74, 6) is 0.611. The first-order chi connectivity index (χ1) is 10.7. The minimum atomic E-state index is -0.238. The number of thiazole rings is 1. The van der Waals surface area contributed by atoms with Crippen molar-refractivity contribution in [2.75, 3.05) is 11.1 Å².